The van der Waals surface area contributed by atoms with E-state index in [1.54, 1.807) is 27.7 Å². The Hall–Kier alpha value is -0.620. The fraction of sp³-hybridized carbons (Fsp3) is 0.909. The van der Waals surface area contributed by atoms with Gasteiger partial charge >= 0.3 is 5.97 Å². The van der Waals surface area contributed by atoms with Crippen LogP contribution in [0, 0.1) is 5.41 Å². The summed E-state index contributed by atoms with van der Waals surface area (Å²) in [6.07, 6.45) is 1.12. The maximum atomic E-state index is 12.3. The number of hydrogen-bond donors (Lipinski definition) is 1. The van der Waals surface area contributed by atoms with E-state index in [9.17, 15) is 13.2 Å². The van der Waals surface area contributed by atoms with Crippen molar-refractivity contribution in [3.05, 3.63) is 0 Å². The van der Waals surface area contributed by atoms with Crippen molar-refractivity contribution in [2.75, 3.05) is 13.1 Å². The number of carboxylic acid groups (broad SMARTS) is 1. The molecule has 1 aliphatic rings. The minimum absolute atomic E-state index is 0.0714. The summed E-state index contributed by atoms with van der Waals surface area (Å²) < 4.78 is 24.9. The Kier molecular flexibility index (Phi) is 3.60. The van der Waals surface area contributed by atoms with E-state index in [2.05, 4.69) is 0 Å². The zero-order valence-electron chi connectivity index (χ0n) is 10.9. The van der Waals surface area contributed by atoms with E-state index in [-0.39, 0.29) is 6.54 Å². The summed E-state index contributed by atoms with van der Waals surface area (Å²) in [4.78, 5) is 11.2. The molecule has 1 fully saturated rings. The largest absolute Gasteiger partial charge is 0.481 e. The van der Waals surface area contributed by atoms with Crippen LogP contribution in [0.25, 0.3) is 0 Å². The molecule has 1 unspecified atom stereocenters. The molecule has 1 rings (SSSR count). The number of carboxylic acids is 1. The van der Waals surface area contributed by atoms with Crippen molar-refractivity contribution in [1.29, 1.82) is 0 Å². The predicted molar refractivity (Wildman–Crippen MR) is 65.2 cm³/mol. The van der Waals surface area contributed by atoms with Gasteiger partial charge in [0.25, 0.3) is 0 Å². The smallest absolute Gasteiger partial charge is 0.310 e. The Balaban J connectivity index is 3.00. The number of rotatable bonds is 2. The second-order valence-corrected chi connectivity index (χ2v) is 8.61. The van der Waals surface area contributed by atoms with Crippen LogP contribution in [0.15, 0.2) is 0 Å². The fourth-order valence-electron chi connectivity index (χ4n) is 1.96. The highest BCUT2D eigenvalue weighted by Crippen LogP contribution is 2.33. The summed E-state index contributed by atoms with van der Waals surface area (Å²) in [6.45, 7) is 7.00. The number of nitrogens with zero attached hydrogens (tertiary/aromatic N) is 1. The Labute approximate surface area is 103 Å². The highest BCUT2D eigenvalue weighted by molar-refractivity contribution is 7.90. The molecule has 5 nitrogen and oxygen atoms in total. The first-order valence-corrected chi connectivity index (χ1v) is 7.18. The van der Waals surface area contributed by atoms with Gasteiger partial charge in [0.15, 0.2) is 0 Å². The fourth-order valence-corrected chi connectivity index (χ4v) is 3.56. The summed E-state index contributed by atoms with van der Waals surface area (Å²) in [5.41, 5.74) is -0.962. The summed E-state index contributed by atoms with van der Waals surface area (Å²) >= 11 is 0. The van der Waals surface area contributed by atoms with Crippen LogP contribution in [-0.2, 0) is 14.8 Å². The zero-order valence-corrected chi connectivity index (χ0v) is 11.7. The molecule has 1 atom stereocenters. The lowest BCUT2D eigenvalue weighted by molar-refractivity contribution is -0.150. The Morgan fingerprint density at radius 1 is 1.35 bits per heavy atom. The number of aliphatic carboxylic acids is 1. The SMILES string of the molecule is CC1(C(=O)O)CCCN(S(=O)(=O)C(C)(C)C)C1. The molecule has 0 aromatic carbocycles. The lowest BCUT2D eigenvalue weighted by Gasteiger charge is -2.39. The maximum absolute atomic E-state index is 12.3. The molecule has 0 radical (unpaired) electrons. The van der Waals surface area contributed by atoms with Gasteiger partial charge in [-0.05, 0) is 40.5 Å². The molecule has 0 saturated carbocycles. The van der Waals surface area contributed by atoms with Crippen LogP contribution in [0.3, 0.4) is 0 Å². The summed E-state index contributed by atoms with van der Waals surface area (Å²) in [7, 11) is -3.43. The minimum atomic E-state index is -3.43. The Morgan fingerprint density at radius 2 is 1.88 bits per heavy atom. The maximum Gasteiger partial charge on any atom is 0.310 e. The minimum Gasteiger partial charge on any atom is -0.481 e. The molecule has 1 N–H and O–H groups in total. The summed E-state index contributed by atoms with van der Waals surface area (Å²) in [5, 5.41) is 9.16. The van der Waals surface area contributed by atoms with Crippen LogP contribution in [-0.4, -0.2) is 41.6 Å². The van der Waals surface area contributed by atoms with E-state index >= 15 is 0 Å². The zero-order chi connectivity index (χ0) is 13.5. The van der Waals surface area contributed by atoms with Crippen molar-refractivity contribution < 1.29 is 18.3 Å². The van der Waals surface area contributed by atoms with Crippen LogP contribution < -0.4 is 0 Å². The van der Waals surface area contributed by atoms with Crippen LogP contribution in [0.1, 0.15) is 40.5 Å². The lowest BCUT2D eigenvalue weighted by Crippen LogP contribution is -2.52. The van der Waals surface area contributed by atoms with Crippen molar-refractivity contribution in [2.45, 2.75) is 45.3 Å². The van der Waals surface area contributed by atoms with Crippen LogP contribution in [0.4, 0.5) is 0 Å². The van der Waals surface area contributed by atoms with Crippen LogP contribution >= 0.6 is 0 Å². The van der Waals surface area contributed by atoms with E-state index in [1.165, 1.54) is 4.31 Å². The second-order valence-electron chi connectivity index (χ2n) is 5.92. The van der Waals surface area contributed by atoms with Gasteiger partial charge in [0, 0.05) is 13.1 Å². The first-order chi connectivity index (χ1) is 7.51. The van der Waals surface area contributed by atoms with E-state index in [1.807, 2.05) is 0 Å². The van der Waals surface area contributed by atoms with Gasteiger partial charge in [-0.15, -0.1) is 0 Å². The first kappa shape index (κ1) is 14.4. The average Bonchev–Trinajstić information content (AvgIpc) is 2.15. The van der Waals surface area contributed by atoms with Crippen molar-refractivity contribution >= 4 is 16.0 Å². The van der Waals surface area contributed by atoms with Gasteiger partial charge in [-0.2, -0.15) is 0 Å². The van der Waals surface area contributed by atoms with Crippen molar-refractivity contribution in [2.24, 2.45) is 5.41 Å². The molecule has 0 aromatic rings. The van der Waals surface area contributed by atoms with Gasteiger partial charge in [-0.1, -0.05) is 0 Å². The third-order valence-electron chi connectivity index (χ3n) is 3.29. The third-order valence-corrected chi connectivity index (χ3v) is 5.83. The second kappa shape index (κ2) is 4.24. The normalized spacial score (nSPS) is 28.0. The first-order valence-electron chi connectivity index (χ1n) is 5.74. The third kappa shape index (κ3) is 2.63. The topological polar surface area (TPSA) is 74.7 Å². The Morgan fingerprint density at radius 3 is 2.29 bits per heavy atom. The number of carbonyl (C=O) groups is 1. The Bertz CT molecular complexity index is 410. The average molecular weight is 263 g/mol. The molecule has 0 aromatic heterocycles. The van der Waals surface area contributed by atoms with Gasteiger partial charge in [0.1, 0.15) is 0 Å². The number of sulfonamides is 1. The van der Waals surface area contributed by atoms with Crippen molar-refractivity contribution in [3.63, 3.8) is 0 Å². The molecule has 0 bridgehead atoms. The molecule has 100 valence electrons. The van der Waals surface area contributed by atoms with Gasteiger partial charge in [0.2, 0.25) is 10.0 Å². The molecule has 1 heterocycles. The molecule has 17 heavy (non-hydrogen) atoms. The van der Waals surface area contributed by atoms with E-state index in [0.29, 0.717) is 19.4 Å². The van der Waals surface area contributed by atoms with Gasteiger partial charge in [-0.3, -0.25) is 4.79 Å². The molecule has 6 heteroatoms. The van der Waals surface area contributed by atoms with Crippen molar-refractivity contribution in [3.8, 4) is 0 Å². The quantitative estimate of drug-likeness (QED) is 0.815. The molecule has 1 aliphatic heterocycles. The van der Waals surface area contributed by atoms with Crippen molar-refractivity contribution in [1.82, 2.24) is 4.31 Å². The molecule has 0 amide bonds. The van der Waals surface area contributed by atoms with Gasteiger partial charge in [-0.25, -0.2) is 12.7 Å². The lowest BCUT2D eigenvalue weighted by atomic mass is 9.83. The summed E-state index contributed by atoms with van der Waals surface area (Å²) in [5.74, 6) is -0.925. The summed E-state index contributed by atoms with van der Waals surface area (Å²) in [6, 6.07) is 0. The molecule has 1 saturated heterocycles. The van der Waals surface area contributed by atoms with E-state index in [0.717, 1.165) is 0 Å². The van der Waals surface area contributed by atoms with Crippen LogP contribution in [0.5, 0.6) is 0 Å². The van der Waals surface area contributed by atoms with Crippen LogP contribution in [0.2, 0.25) is 0 Å². The highest BCUT2D eigenvalue weighted by atomic mass is 32.2. The van der Waals surface area contributed by atoms with Gasteiger partial charge < -0.3 is 5.11 Å². The molecular formula is C11H21NO4S. The predicted octanol–water partition coefficient (Wildman–Crippen LogP) is 1.30. The van der Waals surface area contributed by atoms with E-state index < -0.39 is 26.2 Å². The number of piperidine rings is 1. The molecular weight excluding hydrogens is 242 g/mol. The molecule has 0 spiro atoms. The monoisotopic (exact) mass is 263 g/mol. The van der Waals surface area contributed by atoms with Gasteiger partial charge in [0.05, 0.1) is 10.2 Å². The standard InChI is InChI=1S/C11H21NO4S/c1-10(2,3)17(15,16)12-7-5-6-11(4,8-12)9(13)14/h5-8H2,1-4H3,(H,13,14). The molecule has 0 aliphatic carbocycles. The highest BCUT2D eigenvalue weighted by Gasteiger charge is 2.44. The van der Waals surface area contributed by atoms with E-state index in [4.69, 9.17) is 5.11 Å². The number of hydrogen-bond acceptors (Lipinski definition) is 3.